The lowest BCUT2D eigenvalue weighted by Gasteiger charge is -2.27. The summed E-state index contributed by atoms with van der Waals surface area (Å²) < 4.78 is 14.2. The molecule has 6 nitrogen and oxygen atoms in total. The molecule has 0 amide bonds. The number of nitrogens with two attached hydrogens (primary N) is 1. The van der Waals surface area contributed by atoms with Crippen LogP contribution in [0.1, 0.15) is 31.5 Å². The van der Waals surface area contributed by atoms with E-state index in [1.54, 1.807) is 6.20 Å². The fraction of sp³-hybridized carbons (Fsp3) is 0.412. The Hall–Kier alpha value is -2.12. The smallest absolute Gasteiger partial charge is 0.183 e. The third-order valence-electron chi connectivity index (χ3n) is 4.74. The standard InChI is InChI=1S/C17H20ClFN6/c18-9-4-12-13(7-22-15(12)21-6-9)16-23-8-14(19)17(25-16)24-11-3-1-2-10(20)5-11/h4,6-8,10-11,15,21-22H,1-3,5,20H2,(H,23,24,25)/t10-,11+,15?/m0/s1. The van der Waals surface area contributed by atoms with Crippen molar-refractivity contribution in [1.82, 2.24) is 20.6 Å². The van der Waals surface area contributed by atoms with Crippen molar-refractivity contribution in [1.29, 1.82) is 0 Å². The van der Waals surface area contributed by atoms with Gasteiger partial charge >= 0.3 is 0 Å². The molecule has 0 spiro atoms. The van der Waals surface area contributed by atoms with Crippen molar-refractivity contribution in [2.75, 3.05) is 5.32 Å². The van der Waals surface area contributed by atoms with Gasteiger partial charge in [-0.05, 0) is 31.8 Å². The van der Waals surface area contributed by atoms with Gasteiger partial charge in [0.25, 0.3) is 0 Å². The summed E-state index contributed by atoms with van der Waals surface area (Å²) in [6.07, 6.45) is 10.4. The molecule has 1 aromatic heterocycles. The van der Waals surface area contributed by atoms with Crippen molar-refractivity contribution >= 4 is 23.0 Å². The number of fused-ring (bicyclic) bond motifs is 1. The number of anilines is 1. The molecular formula is C17H20ClFN6. The Bertz CT molecular complexity index is 774. The summed E-state index contributed by atoms with van der Waals surface area (Å²) in [7, 11) is 0. The van der Waals surface area contributed by atoms with Crippen molar-refractivity contribution in [2.45, 2.75) is 43.9 Å². The zero-order valence-corrected chi connectivity index (χ0v) is 14.4. The Morgan fingerprint density at radius 2 is 2.12 bits per heavy atom. The topological polar surface area (TPSA) is 87.9 Å². The maximum absolute atomic E-state index is 14.2. The summed E-state index contributed by atoms with van der Waals surface area (Å²) >= 11 is 6.08. The third-order valence-corrected chi connectivity index (χ3v) is 4.96. The van der Waals surface area contributed by atoms with Crippen LogP contribution < -0.4 is 21.7 Å². The lowest BCUT2D eigenvalue weighted by molar-refractivity contribution is 0.407. The second-order valence-electron chi connectivity index (χ2n) is 6.61. The number of hydrogen-bond donors (Lipinski definition) is 4. The van der Waals surface area contributed by atoms with Crippen LogP contribution in [0.4, 0.5) is 10.2 Å². The minimum absolute atomic E-state index is 0.0705. The second kappa shape index (κ2) is 6.65. The van der Waals surface area contributed by atoms with Crippen molar-refractivity contribution in [3.63, 3.8) is 0 Å². The maximum Gasteiger partial charge on any atom is 0.183 e. The predicted octanol–water partition coefficient (Wildman–Crippen LogP) is 2.18. The average Bonchev–Trinajstić information content (AvgIpc) is 3.00. The maximum atomic E-state index is 14.2. The van der Waals surface area contributed by atoms with E-state index in [2.05, 4.69) is 25.9 Å². The number of rotatable bonds is 3. The van der Waals surface area contributed by atoms with Gasteiger partial charge < -0.3 is 21.7 Å². The van der Waals surface area contributed by atoms with E-state index in [0.717, 1.165) is 36.8 Å². The predicted molar refractivity (Wildman–Crippen MR) is 95.9 cm³/mol. The Morgan fingerprint density at radius 3 is 2.96 bits per heavy atom. The number of aromatic nitrogens is 2. The van der Waals surface area contributed by atoms with E-state index in [0.29, 0.717) is 10.9 Å². The van der Waals surface area contributed by atoms with Gasteiger partial charge in [-0.3, -0.25) is 0 Å². The number of halogens is 2. The quantitative estimate of drug-likeness (QED) is 0.659. The Kier molecular flexibility index (Phi) is 4.35. The molecule has 1 unspecified atom stereocenters. The van der Waals surface area contributed by atoms with E-state index >= 15 is 0 Å². The first-order valence-electron chi connectivity index (χ1n) is 8.45. The molecule has 0 radical (unpaired) electrons. The Labute approximate surface area is 150 Å². The lowest BCUT2D eigenvalue weighted by Crippen LogP contribution is -2.36. The average molecular weight is 363 g/mol. The Morgan fingerprint density at radius 1 is 1.28 bits per heavy atom. The summed E-state index contributed by atoms with van der Waals surface area (Å²) in [4.78, 5) is 8.57. The summed E-state index contributed by atoms with van der Waals surface area (Å²) in [5.74, 6) is 0.220. The molecule has 0 saturated heterocycles. The molecule has 1 fully saturated rings. The van der Waals surface area contributed by atoms with Crippen LogP contribution in [-0.2, 0) is 0 Å². The lowest BCUT2D eigenvalue weighted by atomic mass is 9.92. The van der Waals surface area contributed by atoms with E-state index < -0.39 is 5.82 Å². The third kappa shape index (κ3) is 3.34. The zero-order chi connectivity index (χ0) is 17.4. The number of hydrogen-bond acceptors (Lipinski definition) is 6. The number of dihydropyridines is 1. The highest BCUT2D eigenvalue weighted by Crippen LogP contribution is 2.31. The van der Waals surface area contributed by atoms with E-state index in [1.165, 1.54) is 6.20 Å². The normalized spacial score (nSPS) is 28.1. The van der Waals surface area contributed by atoms with Crippen LogP contribution in [0.15, 0.2) is 35.3 Å². The molecule has 2 aliphatic heterocycles. The minimum Gasteiger partial charge on any atom is -0.367 e. The molecule has 1 aromatic rings. The molecule has 4 rings (SSSR count). The van der Waals surface area contributed by atoms with Crippen LogP contribution in [-0.4, -0.2) is 28.2 Å². The number of nitrogens with zero attached hydrogens (tertiary/aromatic N) is 2. The highest BCUT2D eigenvalue weighted by atomic mass is 35.5. The SMILES string of the molecule is N[C@H]1CCC[C@@H](Nc2nc(C3=CNC4NC=C(Cl)C=C34)ncc2F)C1. The van der Waals surface area contributed by atoms with Crippen LogP contribution in [0.2, 0.25) is 0 Å². The molecule has 3 atom stereocenters. The largest absolute Gasteiger partial charge is 0.367 e. The van der Waals surface area contributed by atoms with Crippen LogP contribution >= 0.6 is 11.6 Å². The fourth-order valence-corrected chi connectivity index (χ4v) is 3.67. The Balaban J connectivity index is 1.58. The molecule has 25 heavy (non-hydrogen) atoms. The van der Waals surface area contributed by atoms with Gasteiger partial charge in [-0.1, -0.05) is 11.6 Å². The van der Waals surface area contributed by atoms with E-state index in [1.807, 2.05) is 12.3 Å². The van der Waals surface area contributed by atoms with Gasteiger partial charge in [0.1, 0.15) is 6.17 Å². The monoisotopic (exact) mass is 362 g/mol. The second-order valence-corrected chi connectivity index (χ2v) is 7.05. The van der Waals surface area contributed by atoms with Gasteiger partial charge in [0, 0.05) is 35.6 Å². The summed E-state index contributed by atoms with van der Waals surface area (Å²) in [6, 6.07) is 0.294. The molecular weight excluding hydrogens is 343 g/mol. The zero-order valence-electron chi connectivity index (χ0n) is 13.6. The first-order chi connectivity index (χ1) is 12.1. The summed E-state index contributed by atoms with van der Waals surface area (Å²) in [5, 5.41) is 10.1. The van der Waals surface area contributed by atoms with Crippen molar-refractivity contribution in [2.24, 2.45) is 5.73 Å². The van der Waals surface area contributed by atoms with E-state index in [-0.39, 0.29) is 24.1 Å². The van der Waals surface area contributed by atoms with Crippen LogP contribution in [0.5, 0.6) is 0 Å². The number of allylic oxidation sites excluding steroid dienone is 2. The highest BCUT2D eigenvalue weighted by molar-refractivity contribution is 6.31. The molecule has 8 heteroatoms. The van der Waals surface area contributed by atoms with Crippen LogP contribution in [0, 0.1) is 5.82 Å². The van der Waals surface area contributed by atoms with Gasteiger partial charge in [0.05, 0.1) is 11.2 Å². The summed E-state index contributed by atoms with van der Waals surface area (Å²) in [5.41, 5.74) is 7.75. The molecule has 3 heterocycles. The molecule has 1 saturated carbocycles. The molecule has 0 bridgehead atoms. The molecule has 3 aliphatic rings. The molecule has 132 valence electrons. The minimum atomic E-state index is -0.459. The molecule has 0 aromatic carbocycles. The van der Waals surface area contributed by atoms with Gasteiger partial charge in [0.15, 0.2) is 17.5 Å². The van der Waals surface area contributed by atoms with Crippen molar-refractivity contribution < 1.29 is 4.39 Å². The van der Waals surface area contributed by atoms with Crippen molar-refractivity contribution in [3.05, 3.63) is 46.9 Å². The first kappa shape index (κ1) is 16.4. The first-order valence-corrected chi connectivity index (χ1v) is 8.83. The van der Waals surface area contributed by atoms with Crippen LogP contribution in [0.25, 0.3) is 5.57 Å². The fourth-order valence-electron chi connectivity index (χ4n) is 3.49. The van der Waals surface area contributed by atoms with Gasteiger partial charge in [0.2, 0.25) is 0 Å². The highest BCUT2D eigenvalue weighted by Gasteiger charge is 2.28. The van der Waals surface area contributed by atoms with Gasteiger partial charge in [-0.25, -0.2) is 14.4 Å². The van der Waals surface area contributed by atoms with Gasteiger partial charge in [-0.15, -0.1) is 0 Å². The molecule has 1 aliphatic carbocycles. The number of nitrogens with one attached hydrogen (secondary N) is 3. The van der Waals surface area contributed by atoms with E-state index in [9.17, 15) is 4.39 Å². The summed E-state index contributed by atoms with van der Waals surface area (Å²) in [6.45, 7) is 0. The van der Waals surface area contributed by atoms with Crippen LogP contribution in [0.3, 0.4) is 0 Å². The van der Waals surface area contributed by atoms with Crippen molar-refractivity contribution in [3.8, 4) is 0 Å². The molecule has 5 N–H and O–H groups in total. The van der Waals surface area contributed by atoms with E-state index in [4.69, 9.17) is 17.3 Å². The van der Waals surface area contributed by atoms with Gasteiger partial charge in [-0.2, -0.15) is 0 Å².